The molecule has 2 aromatic rings. The van der Waals surface area contributed by atoms with Gasteiger partial charge >= 0.3 is 11.9 Å². The van der Waals surface area contributed by atoms with E-state index in [-0.39, 0.29) is 46.0 Å². The van der Waals surface area contributed by atoms with E-state index in [2.05, 4.69) is 0 Å². The number of aldehydes is 2. The summed E-state index contributed by atoms with van der Waals surface area (Å²) in [5.41, 5.74) is 0.195. The first-order chi connectivity index (χ1) is 14.4. The van der Waals surface area contributed by atoms with Crippen molar-refractivity contribution in [3.63, 3.8) is 0 Å². The van der Waals surface area contributed by atoms with E-state index in [4.69, 9.17) is 9.47 Å². The molecule has 0 heterocycles. The molecule has 0 spiro atoms. The van der Waals surface area contributed by atoms with Gasteiger partial charge in [0.05, 0.1) is 22.6 Å². The Morgan fingerprint density at radius 3 is 2.10 bits per heavy atom. The van der Waals surface area contributed by atoms with Crippen LogP contribution in [0.5, 0.6) is 17.2 Å². The molecule has 30 heavy (non-hydrogen) atoms. The van der Waals surface area contributed by atoms with Crippen LogP contribution in [0, 0.1) is 5.92 Å². The fourth-order valence-electron chi connectivity index (χ4n) is 3.30. The van der Waals surface area contributed by atoms with Gasteiger partial charge in [-0.1, -0.05) is 0 Å². The van der Waals surface area contributed by atoms with Gasteiger partial charge in [-0.05, 0) is 62.1 Å². The van der Waals surface area contributed by atoms with E-state index in [1.807, 2.05) is 0 Å². The van der Waals surface area contributed by atoms with E-state index in [9.17, 15) is 29.4 Å². The fraction of sp³-hybridized carbons (Fsp3) is 0.273. The zero-order valence-corrected chi connectivity index (χ0v) is 15.9. The third kappa shape index (κ3) is 4.83. The predicted octanol–water partition coefficient (Wildman–Crippen LogP) is 3.04. The summed E-state index contributed by atoms with van der Waals surface area (Å²) in [5, 5.41) is 19.0. The first-order valence-corrected chi connectivity index (χ1v) is 9.40. The molecule has 2 N–H and O–H groups in total. The van der Waals surface area contributed by atoms with Crippen molar-refractivity contribution in [2.24, 2.45) is 5.92 Å². The Hall–Kier alpha value is -3.68. The Morgan fingerprint density at radius 1 is 0.867 bits per heavy atom. The molecule has 0 aromatic heterocycles. The molecule has 0 aliphatic heterocycles. The molecule has 1 saturated carbocycles. The van der Waals surface area contributed by atoms with Gasteiger partial charge in [-0.25, -0.2) is 4.79 Å². The lowest BCUT2D eigenvalue weighted by molar-refractivity contribution is -0.140. The van der Waals surface area contributed by atoms with Crippen LogP contribution in [-0.4, -0.2) is 40.8 Å². The van der Waals surface area contributed by atoms with Crippen LogP contribution in [0.1, 0.15) is 56.8 Å². The molecule has 0 atom stereocenters. The van der Waals surface area contributed by atoms with Crippen molar-refractivity contribution in [3.05, 3.63) is 53.1 Å². The standard InChI is InChI=1S/C22H20O8/c23-11-15-9-14(3-7-19(15)25)22(28)29-17-4-1-13(2-5-17)21(27)30-18-6-8-20(26)16(10-18)12-24/h3,6-13,17,25-26H,1-2,4-5H2/t13-,17-. The van der Waals surface area contributed by atoms with Crippen molar-refractivity contribution in [1.82, 2.24) is 0 Å². The normalized spacial score (nSPS) is 18.3. The largest absolute Gasteiger partial charge is 0.507 e. The average molecular weight is 412 g/mol. The summed E-state index contributed by atoms with van der Waals surface area (Å²) in [6, 6.07) is 7.87. The second-order valence-corrected chi connectivity index (χ2v) is 7.03. The molecule has 3 rings (SSSR count). The molecular formula is C22H20O8. The van der Waals surface area contributed by atoms with Gasteiger partial charge in [-0.2, -0.15) is 0 Å². The summed E-state index contributed by atoms with van der Waals surface area (Å²) >= 11 is 0. The smallest absolute Gasteiger partial charge is 0.338 e. The van der Waals surface area contributed by atoms with Crippen LogP contribution in [0.2, 0.25) is 0 Å². The monoisotopic (exact) mass is 412 g/mol. The van der Waals surface area contributed by atoms with Gasteiger partial charge in [0.1, 0.15) is 23.4 Å². The van der Waals surface area contributed by atoms with E-state index < -0.39 is 11.9 Å². The minimum absolute atomic E-state index is 0.00266. The Morgan fingerprint density at radius 2 is 1.47 bits per heavy atom. The summed E-state index contributed by atoms with van der Waals surface area (Å²) in [7, 11) is 0. The summed E-state index contributed by atoms with van der Waals surface area (Å²) < 4.78 is 10.8. The highest BCUT2D eigenvalue weighted by atomic mass is 16.5. The highest BCUT2D eigenvalue weighted by Gasteiger charge is 2.30. The maximum atomic E-state index is 12.4. The Labute approximate surface area is 172 Å². The zero-order chi connectivity index (χ0) is 21.7. The second kappa shape index (κ2) is 9.21. The lowest BCUT2D eigenvalue weighted by Crippen LogP contribution is -2.30. The van der Waals surface area contributed by atoms with E-state index in [0.29, 0.717) is 38.3 Å². The van der Waals surface area contributed by atoms with E-state index in [1.165, 1.54) is 36.4 Å². The minimum atomic E-state index is -0.602. The van der Waals surface area contributed by atoms with Gasteiger partial charge in [0.25, 0.3) is 0 Å². The van der Waals surface area contributed by atoms with E-state index >= 15 is 0 Å². The SMILES string of the molecule is O=Cc1cc(OC(=O)[C@H]2CC[C@H](OC(=O)c3ccc(O)c(C=O)c3)CC2)ccc1O. The number of ether oxygens (including phenoxy) is 2. The molecule has 8 nitrogen and oxygen atoms in total. The third-order valence-corrected chi connectivity index (χ3v) is 5.02. The Kier molecular flexibility index (Phi) is 6.46. The fourth-order valence-corrected chi connectivity index (χ4v) is 3.30. The Balaban J connectivity index is 1.53. The molecule has 1 fully saturated rings. The molecule has 8 heteroatoms. The van der Waals surface area contributed by atoms with Crippen molar-refractivity contribution in [2.75, 3.05) is 0 Å². The molecule has 1 aliphatic carbocycles. The van der Waals surface area contributed by atoms with Crippen LogP contribution in [0.25, 0.3) is 0 Å². The lowest BCUT2D eigenvalue weighted by Gasteiger charge is -2.27. The molecule has 0 unspecified atom stereocenters. The molecule has 0 bridgehead atoms. The number of phenolic OH excluding ortho intramolecular Hbond substituents is 2. The average Bonchev–Trinajstić information content (AvgIpc) is 2.75. The molecule has 2 aromatic carbocycles. The minimum Gasteiger partial charge on any atom is -0.507 e. The predicted molar refractivity (Wildman–Crippen MR) is 104 cm³/mol. The lowest BCUT2D eigenvalue weighted by atomic mass is 9.87. The number of carbonyl (C=O) groups is 4. The Bertz CT molecular complexity index is 973. The van der Waals surface area contributed by atoms with Gasteiger partial charge < -0.3 is 19.7 Å². The van der Waals surface area contributed by atoms with Crippen molar-refractivity contribution in [3.8, 4) is 17.2 Å². The third-order valence-electron chi connectivity index (χ3n) is 5.02. The van der Waals surface area contributed by atoms with Crippen LogP contribution < -0.4 is 4.74 Å². The molecule has 0 saturated heterocycles. The molecule has 156 valence electrons. The number of rotatable bonds is 6. The van der Waals surface area contributed by atoms with Crippen LogP contribution in [0.4, 0.5) is 0 Å². The second-order valence-electron chi connectivity index (χ2n) is 7.03. The van der Waals surface area contributed by atoms with Gasteiger partial charge in [-0.3, -0.25) is 14.4 Å². The van der Waals surface area contributed by atoms with Gasteiger partial charge in [0, 0.05) is 0 Å². The number of hydrogen-bond donors (Lipinski definition) is 2. The molecule has 0 radical (unpaired) electrons. The molecular weight excluding hydrogens is 392 g/mol. The highest BCUT2D eigenvalue weighted by Crippen LogP contribution is 2.29. The zero-order valence-electron chi connectivity index (χ0n) is 15.9. The maximum absolute atomic E-state index is 12.4. The van der Waals surface area contributed by atoms with E-state index in [1.54, 1.807) is 0 Å². The van der Waals surface area contributed by atoms with Crippen molar-refractivity contribution in [1.29, 1.82) is 0 Å². The topological polar surface area (TPSA) is 127 Å². The van der Waals surface area contributed by atoms with Gasteiger partial charge in [0.15, 0.2) is 12.6 Å². The van der Waals surface area contributed by atoms with Gasteiger partial charge in [-0.15, -0.1) is 0 Å². The first-order valence-electron chi connectivity index (χ1n) is 9.40. The summed E-state index contributed by atoms with van der Waals surface area (Å²) in [6.07, 6.45) is 2.42. The molecule has 0 amide bonds. The number of carbonyl (C=O) groups excluding carboxylic acids is 4. The van der Waals surface area contributed by atoms with Crippen LogP contribution in [-0.2, 0) is 9.53 Å². The van der Waals surface area contributed by atoms with Crippen LogP contribution >= 0.6 is 0 Å². The highest BCUT2D eigenvalue weighted by molar-refractivity contribution is 5.92. The number of benzene rings is 2. The first kappa shape index (κ1) is 21.0. The van der Waals surface area contributed by atoms with Gasteiger partial charge in [0.2, 0.25) is 0 Å². The molecule has 1 aliphatic rings. The van der Waals surface area contributed by atoms with Crippen LogP contribution in [0.3, 0.4) is 0 Å². The number of aromatic hydroxyl groups is 2. The van der Waals surface area contributed by atoms with Crippen molar-refractivity contribution in [2.45, 2.75) is 31.8 Å². The quantitative estimate of drug-likeness (QED) is 0.421. The maximum Gasteiger partial charge on any atom is 0.338 e. The van der Waals surface area contributed by atoms with E-state index in [0.717, 1.165) is 0 Å². The number of phenols is 2. The number of esters is 2. The van der Waals surface area contributed by atoms with Crippen LogP contribution in [0.15, 0.2) is 36.4 Å². The summed E-state index contributed by atoms with van der Waals surface area (Å²) in [5.74, 6) is -1.66. The number of hydrogen-bond acceptors (Lipinski definition) is 8. The van der Waals surface area contributed by atoms with Crippen molar-refractivity contribution < 1.29 is 38.9 Å². The summed E-state index contributed by atoms with van der Waals surface area (Å²) in [4.78, 5) is 46.4. The van der Waals surface area contributed by atoms with Crippen molar-refractivity contribution >= 4 is 24.5 Å². The summed E-state index contributed by atoms with van der Waals surface area (Å²) in [6.45, 7) is 0.